The molecule has 0 bridgehead atoms. The van der Waals surface area contributed by atoms with Gasteiger partial charge in [0, 0.05) is 13.0 Å². The lowest BCUT2D eigenvalue weighted by Gasteiger charge is -2.39. The van der Waals surface area contributed by atoms with Gasteiger partial charge in [-0.3, -0.25) is 14.7 Å². The number of amides is 1. The molecule has 1 unspecified atom stereocenters. The van der Waals surface area contributed by atoms with E-state index in [0.717, 1.165) is 0 Å². The van der Waals surface area contributed by atoms with Crippen LogP contribution in [0.5, 0.6) is 0 Å². The van der Waals surface area contributed by atoms with Crippen molar-refractivity contribution in [2.45, 2.75) is 77.4 Å². The normalized spacial score (nSPS) is 23.8. The van der Waals surface area contributed by atoms with E-state index in [4.69, 9.17) is 9.16 Å². The van der Waals surface area contributed by atoms with Crippen LogP contribution >= 0.6 is 0 Å². The van der Waals surface area contributed by atoms with Crippen LogP contribution in [0.2, 0.25) is 18.1 Å². The average molecular weight is 481 g/mol. The first-order valence-corrected chi connectivity index (χ1v) is 13.9. The molecule has 33 heavy (non-hydrogen) atoms. The molecule has 2 N–H and O–H groups in total. The highest BCUT2D eigenvalue weighted by molar-refractivity contribution is 6.74. The van der Waals surface area contributed by atoms with Crippen LogP contribution in [0.25, 0.3) is 11.2 Å². The smallest absolute Gasteiger partial charge is 0.233 e. The molecule has 3 heterocycles. The average Bonchev–Trinajstić information content (AvgIpc) is 3.27. The van der Waals surface area contributed by atoms with Crippen molar-refractivity contribution in [3.63, 3.8) is 0 Å². The molecule has 1 aliphatic heterocycles. The van der Waals surface area contributed by atoms with Gasteiger partial charge in [-0.1, -0.05) is 34.6 Å². The monoisotopic (exact) mass is 480 g/mol. The fourth-order valence-electron chi connectivity index (χ4n) is 3.22. The zero-order valence-corrected chi connectivity index (χ0v) is 21.3. The largest absolute Gasteiger partial charge is 0.408 e. The fourth-order valence-corrected chi connectivity index (χ4v) is 4.52. The first-order valence-electron chi connectivity index (χ1n) is 11.0. The number of ether oxygens (including phenoxy) is 1. The molecular formula is C21H33FN6O4Si. The third-order valence-corrected chi connectivity index (χ3v) is 10.7. The van der Waals surface area contributed by atoms with Crippen LogP contribution in [0.1, 0.15) is 40.8 Å². The molecule has 1 aliphatic rings. The third kappa shape index (κ3) is 4.78. The van der Waals surface area contributed by atoms with Crippen molar-refractivity contribution in [1.82, 2.24) is 19.5 Å². The molecule has 1 fully saturated rings. The Morgan fingerprint density at radius 1 is 1.33 bits per heavy atom. The molecule has 0 radical (unpaired) electrons. The first kappa shape index (κ1) is 25.2. The predicted octanol–water partition coefficient (Wildman–Crippen LogP) is 3.29. The van der Waals surface area contributed by atoms with Crippen LogP contribution in [-0.4, -0.2) is 65.5 Å². The molecule has 2 aromatic rings. The fraction of sp³-hybridized carbons (Fsp3) is 0.667. The van der Waals surface area contributed by atoms with Crippen LogP contribution in [0.15, 0.2) is 6.33 Å². The Balaban J connectivity index is 2.00. The van der Waals surface area contributed by atoms with Gasteiger partial charge in [0.25, 0.3) is 0 Å². The van der Waals surface area contributed by atoms with Gasteiger partial charge >= 0.3 is 0 Å². The summed E-state index contributed by atoms with van der Waals surface area (Å²) in [6.07, 6.45) is -2.95. The number of hydrogen-bond acceptors (Lipinski definition) is 8. The number of hydrogen-bond donors (Lipinski definition) is 2. The minimum atomic E-state index is -2.38. The van der Waals surface area contributed by atoms with E-state index in [1.54, 1.807) is 20.9 Å². The zero-order chi connectivity index (χ0) is 24.7. The predicted molar refractivity (Wildman–Crippen MR) is 125 cm³/mol. The van der Waals surface area contributed by atoms with Crippen molar-refractivity contribution >= 4 is 43.4 Å². The highest BCUT2D eigenvalue weighted by Crippen LogP contribution is 2.42. The number of aldehydes is 1. The SMILES string of the molecule is CNc1nc(NC(=O)C(C)C)nc2c1ncn2[C@@H]1O[C@H](C=O)C(O[Si](C)(C)C(C)(C)C)[C@H]1F. The highest BCUT2D eigenvalue weighted by atomic mass is 28.4. The number of nitrogens with one attached hydrogen (secondary N) is 2. The summed E-state index contributed by atoms with van der Waals surface area (Å²) in [5.41, 5.74) is 0.644. The maximum atomic E-state index is 15.7. The van der Waals surface area contributed by atoms with Crippen LogP contribution < -0.4 is 10.6 Å². The van der Waals surface area contributed by atoms with Gasteiger partial charge in [0.05, 0.1) is 6.33 Å². The van der Waals surface area contributed by atoms with E-state index in [1.165, 1.54) is 10.9 Å². The Labute approximate surface area is 193 Å². The topological polar surface area (TPSA) is 120 Å². The van der Waals surface area contributed by atoms with Gasteiger partial charge in [-0.15, -0.1) is 0 Å². The maximum absolute atomic E-state index is 15.7. The Hall–Kier alpha value is -2.44. The van der Waals surface area contributed by atoms with E-state index in [2.05, 4.69) is 25.6 Å². The molecule has 182 valence electrons. The number of carbonyl (C=O) groups excluding carboxylic acids is 2. The maximum Gasteiger partial charge on any atom is 0.233 e. The number of alkyl halides is 1. The van der Waals surface area contributed by atoms with Crippen molar-refractivity contribution in [1.29, 1.82) is 0 Å². The molecule has 0 aromatic carbocycles. The minimum Gasteiger partial charge on any atom is -0.408 e. The summed E-state index contributed by atoms with van der Waals surface area (Å²) in [5, 5.41) is 5.40. The molecule has 0 saturated carbocycles. The van der Waals surface area contributed by atoms with Crippen molar-refractivity contribution in [3.8, 4) is 0 Å². The summed E-state index contributed by atoms with van der Waals surface area (Å²) in [7, 11) is -0.721. The molecule has 0 spiro atoms. The summed E-state index contributed by atoms with van der Waals surface area (Å²) < 4.78 is 29.2. The summed E-state index contributed by atoms with van der Waals surface area (Å²) >= 11 is 0. The van der Waals surface area contributed by atoms with Gasteiger partial charge in [0.2, 0.25) is 11.9 Å². The number of fused-ring (bicyclic) bond motifs is 1. The Morgan fingerprint density at radius 2 is 2.00 bits per heavy atom. The number of carbonyl (C=O) groups is 2. The second-order valence-corrected chi connectivity index (χ2v) is 14.8. The quantitative estimate of drug-likeness (QED) is 0.458. The summed E-state index contributed by atoms with van der Waals surface area (Å²) in [6, 6.07) is 0. The summed E-state index contributed by atoms with van der Waals surface area (Å²) in [4.78, 5) is 36.9. The van der Waals surface area contributed by atoms with Gasteiger partial charge in [0.15, 0.2) is 44.0 Å². The van der Waals surface area contributed by atoms with Crippen molar-refractivity contribution < 1.29 is 23.1 Å². The number of nitrogens with zero attached hydrogens (tertiary/aromatic N) is 4. The van der Waals surface area contributed by atoms with Gasteiger partial charge in [-0.25, -0.2) is 9.37 Å². The zero-order valence-electron chi connectivity index (χ0n) is 20.3. The molecule has 3 rings (SSSR count). The van der Waals surface area contributed by atoms with Gasteiger partial charge in [0.1, 0.15) is 12.2 Å². The summed E-state index contributed by atoms with van der Waals surface area (Å²) in [5.74, 6) is -0.108. The molecule has 12 heteroatoms. The van der Waals surface area contributed by atoms with E-state index < -0.39 is 32.9 Å². The lowest BCUT2D eigenvalue weighted by Crippen LogP contribution is -2.48. The van der Waals surface area contributed by atoms with E-state index >= 15 is 4.39 Å². The molecule has 1 amide bonds. The van der Waals surface area contributed by atoms with Crippen molar-refractivity contribution in [2.24, 2.45) is 5.92 Å². The lowest BCUT2D eigenvalue weighted by molar-refractivity contribution is -0.122. The minimum absolute atomic E-state index is 0.0571. The lowest BCUT2D eigenvalue weighted by atomic mass is 10.1. The molecule has 10 nitrogen and oxygen atoms in total. The van der Waals surface area contributed by atoms with E-state index in [9.17, 15) is 9.59 Å². The van der Waals surface area contributed by atoms with Gasteiger partial charge in [-0.05, 0) is 18.1 Å². The Morgan fingerprint density at radius 3 is 2.55 bits per heavy atom. The standard InChI is InChI=1S/C21H33FN6O4Si/c1-11(2)18(30)27-20-25-16(23-6)14-17(26-20)28(10-24-14)19-13(22)15(12(9-29)31-19)32-33(7,8)21(3,4)5/h9-13,15,19H,1-8H3,(H2,23,25,26,27,30)/t12-,13-,15?,19-/m1/s1. The van der Waals surface area contributed by atoms with Gasteiger partial charge < -0.3 is 19.3 Å². The highest BCUT2D eigenvalue weighted by Gasteiger charge is 2.51. The summed E-state index contributed by atoms with van der Waals surface area (Å²) in [6.45, 7) is 13.6. The number of anilines is 2. The number of aromatic nitrogens is 4. The van der Waals surface area contributed by atoms with Crippen LogP contribution in [0, 0.1) is 5.92 Å². The van der Waals surface area contributed by atoms with Crippen molar-refractivity contribution in [3.05, 3.63) is 6.33 Å². The molecule has 4 atom stereocenters. The molecular weight excluding hydrogens is 447 g/mol. The molecule has 0 aliphatic carbocycles. The molecule has 1 saturated heterocycles. The van der Waals surface area contributed by atoms with E-state index in [0.29, 0.717) is 17.6 Å². The Kier molecular flexibility index (Phi) is 6.92. The number of imidazole rings is 1. The second-order valence-electron chi connectivity index (χ2n) is 10.0. The first-order chi connectivity index (χ1) is 15.3. The second kappa shape index (κ2) is 9.07. The van der Waals surface area contributed by atoms with Crippen LogP contribution in [-0.2, 0) is 18.8 Å². The van der Waals surface area contributed by atoms with Crippen LogP contribution in [0.3, 0.4) is 0 Å². The third-order valence-electron chi connectivity index (χ3n) is 6.27. The Bertz CT molecular complexity index is 1040. The van der Waals surface area contributed by atoms with Gasteiger partial charge in [-0.2, -0.15) is 9.97 Å². The number of halogens is 1. The van der Waals surface area contributed by atoms with Crippen LogP contribution in [0.4, 0.5) is 16.2 Å². The van der Waals surface area contributed by atoms with E-state index in [-0.39, 0.29) is 28.5 Å². The number of rotatable bonds is 7. The van der Waals surface area contributed by atoms with Crippen molar-refractivity contribution in [2.75, 3.05) is 17.7 Å². The molecule has 2 aromatic heterocycles. The van der Waals surface area contributed by atoms with E-state index in [1.807, 2.05) is 33.9 Å².